The Morgan fingerprint density at radius 3 is 2.57 bits per heavy atom. The Morgan fingerprint density at radius 2 is 1.96 bits per heavy atom. The highest BCUT2D eigenvalue weighted by atomic mass is 79.9. The molecule has 1 aromatic rings. The molecule has 1 aromatic carbocycles. The van der Waals surface area contributed by atoms with Gasteiger partial charge in [0, 0.05) is 23.0 Å². The van der Waals surface area contributed by atoms with Crippen LogP contribution in [0.25, 0.3) is 0 Å². The van der Waals surface area contributed by atoms with Gasteiger partial charge in [-0.25, -0.2) is 0 Å². The van der Waals surface area contributed by atoms with E-state index in [2.05, 4.69) is 15.9 Å². The van der Waals surface area contributed by atoms with E-state index >= 15 is 0 Å². The minimum absolute atomic E-state index is 0.223. The van der Waals surface area contributed by atoms with E-state index in [0.29, 0.717) is 22.1 Å². The number of rotatable bonds is 2. The first-order valence-electron chi connectivity index (χ1n) is 7.32. The number of halogens is 1. The van der Waals surface area contributed by atoms with Gasteiger partial charge in [0.2, 0.25) is 5.91 Å². The molecule has 2 heterocycles. The minimum Gasteiger partial charge on any atom is -0.391 e. The number of aliphatic hydroxyl groups is 1. The number of β-amino-alcohol motifs (C(OH)–C–C–N with tert-alkyl or cyclic N) is 1. The Kier molecular flexibility index (Phi) is 3.80. The highest BCUT2D eigenvalue weighted by Crippen LogP contribution is 2.30. The maximum Gasteiger partial charge on any atom is 0.262 e. The first-order valence-corrected chi connectivity index (χ1v) is 8.11. The van der Waals surface area contributed by atoms with Crippen LogP contribution in [0.4, 0.5) is 0 Å². The molecule has 6 nitrogen and oxygen atoms in total. The second-order valence-corrected chi connectivity index (χ2v) is 7.58. The monoisotopic (exact) mass is 380 g/mol. The lowest BCUT2D eigenvalue weighted by atomic mass is 9.90. The Hall–Kier alpha value is -1.73. The number of carbonyl (C=O) groups is 3. The zero-order valence-electron chi connectivity index (χ0n) is 12.9. The van der Waals surface area contributed by atoms with Crippen LogP contribution in [-0.4, -0.2) is 58.4 Å². The summed E-state index contributed by atoms with van der Waals surface area (Å²) in [6.45, 7) is 4.09. The van der Waals surface area contributed by atoms with Gasteiger partial charge in [-0.3, -0.25) is 19.3 Å². The summed E-state index contributed by atoms with van der Waals surface area (Å²) in [5.74, 6) is -1.24. The van der Waals surface area contributed by atoms with Crippen molar-refractivity contribution >= 4 is 33.7 Å². The largest absolute Gasteiger partial charge is 0.391 e. The SMILES string of the molecule is CC1(C)CN(C(=O)CN2C(=O)c3ccc(Br)cc3C2=O)CC1O. The number of likely N-dealkylation sites (tertiary alicyclic amines) is 1. The van der Waals surface area contributed by atoms with Gasteiger partial charge in [0.25, 0.3) is 11.8 Å². The lowest BCUT2D eigenvalue weighted by molar-refractivity contribution is -0.131. The van der Waals surface area contributed by atoms with Crippen molar-refractivity contribution in [2.75, 3.05) is 19.6 Å². The van der Waals surface area contributed by atoms with E-state index in [1.54, 1.807) is 18.2 Å². The molecule has 2 aliphatic rings. The molecule has 0 aliphatic carbocycles. The Labute approximate surface area is 142 Å². The summed E-state index contributed by atoms with van der Waals surface area (Å²) in [6, 6.07) is 4.85. The van der Waals surface area contributed by atoms with Crippen molar-refractivity contribution in [1.29, 1.82) is 0 Å². The molecular formula is C16H17BrN2O4. The fraction of sp³-hybridized carbons (Fsp3) is 0.438. The highest BCUT2D eigenvalue weighted by molar-refractivity contribution is 9.10. The fourth-order valence-electron chi connectivity index (χ4n) is 2.95. The van der Waals surface area contributed by atoms with Crippen LogP contribution in [0, 0.1) is 5.41 Å². The van der Waals surface area contributed by atoms with Crippen molar-refractivity contribution in [1.82, 2.24) is 9.80 Å². The van der Waals surface area contributed by atoms with Crippen LogP contribution in [0.2, 0.25) is 0 Å². The number of aliphatic hydroxyl groups excluding tert-OH is 1. The first-order chi connectivity index (χ1) is 10.7. The van der Waals surface area contributed by atoms with Gasteiger partial charge in [0.1, 0.15) is 6.54 Å². The quantitative estimate of drug-likeness (QED) is 0.783. The van der Waals surface area contributed by atoms with Gasteiger partial charge in [-0.05, 0) is 18.2 Å². The Bertz CT molecular complexity index is 716. The number of amides is 3. The van der Waals surface area contributed by atoms with Crippen molar-refractivity contribution in [3.63, 3.8) is 0 Å². The third-order valence-electron chi connectivity index (χ3n) is 4.47. The molecule has 2 aliphatic heterocycles. The number of imide groups is 1. The molecule has 3 amide bonds. The van der Waals surface area contributed by atoms with Crippen LogP contribution in [0.3, 0.4) is 0 Å². The molecule has 122 valence electrons. The smallest absolute Gasteiger partial charge is 0.262 e. The van der Waals surface area contributed by atoms with E-state index < -0.39 is 17.9 Å². The van der Waals surface area contributed by atoms with Crippen LogP contribution in [0.5, 0.6) is 0 Å². The summed E-state index contributed by atoms with van der Waals surface area (Å²) in [7, 11) is 0. The number of hydrogen-bond donors (Lipinski definition) is 1. The van der Waals surface area contributed by atoms with Gasteiger partial charge in [0.05, 0.1) is 17.2 Å². The third-order valence-corrected chi connectivity index (χ3v) is 4.97. The average Bonchev–Trinajstić information content (AvgIpc) is 2.88. The molecule has 1 fully saturated rings. The molecule has 7 heteroatoms. The van der Waals surface area contributed by atoms with E-state index in [1.165, 1.54) is 4.90 Å². The van der Waals surface area contributed by atoms with Crippen molar-refractivity contribution in [2.45, 2.75) is 20.0 Å². The van der Waals surface area contributed by atoms with Crippen molar-refractivity contribution < 1.29 is 19.5 Å². The zero-order valence-corrected chi connectivity index (χ0v) is 14.5. The van der Waals surface area contributed by atoms with Gasteiger partial charge in [-0.15, -0.1) is 0 Å². The molecule has 1 N–H and O–H groups in total. The van der Waals surface area contributed by atoms with Crippen LogP contribution in [0.1, 0.15) is 34.6 Å². The second-order valence-electron chi connectivity index (χ2n) is 6.66. The number of carbonyl (C=O) groups excluding carboxylic acids is 3. The molecule has 0 saturated carbocycles. The molecular weight excluding hydrogens is 364 g/mol. The average molecular weight is 381 g/mol. The molecule has 0 bridgehead atoms. The second kappa shape index (κ2) is 5.42. The van der Waals surface area contributed by atoms with Gasteiger partial charge in [-0.1, -0.05) is 29.8 Å². The van der Waals surface area contributed by atoms with Crippen LogP contribution in [0.15, 0.2) is 22.7 Å². The first kappa shape index (κ1) is 16.1. The zero-order chi connectivity index (χ0) is 16.9. The van der Waals surface area contributed by atoms with E-state index in [1.807, 2.05) is 13.8 Å². The molecule has 0 spiro atoms. The molecule has 0 radical (unpaired) electrons. The summed E-state index contributed by atoms with van der Waals surface area (Å²) in [5.41, 5.74) is 0.231. The minimum atomic E-state index is -0.607. The van der Waals surface area contributed by atoms with E-state index in [9.17, 15) is 19.5 Å². The molecule has 1 atom stereocenters. The summed E-state index contributed by atoms with van der Waals surface area (Å²) >= 11 is 3.27. The predicted octanol–water partition coefficient (Wildman–Crippen LogP) is 1.27. The number of fused-ring (bicyclic) bond motifs is 1. The molecule has 0 aromatic heterocycles. The molecule has 23 heavy (non-hydrogen) atoms. The third kappa shape index (κ3) is 2.68. The van der Waals surface area contributed by atoms with Crippen molar-refractivity contribution in [3.05, 3.63) is 33.8 Å². The number of nitrogens with zero attached hydrogens (tertiary/aromatic N) is 2. The van der Waals surface area contributed by atoms with Crippen LogP contribution < -0.4 is 0 Å². The summed E-state index contributed by atoms with van der Waals surface area (Å²) in [5, 5.41) is 9.97. The van der Waals surface area contributed by atoms with Gasteiger partial charge in [0.15, 0.2) is 0 Å². The Balaban J connectivity index is 1.76. The summed E-state index contributed by atoms with van der Waals surface area (Å²) in [4.78, 5) is 39.6. The molecule has 1 saturated heterocycles. The van der Waals surface area contributed by atoms with Gasteiger partial charge < -0.3 is 10.0 Å². The normalized spacial score (nSPS) is 22.7. The molecule has 1 unspecified atom stereocenters. The number of hydrogen-bond acceptors (Lipinski definition) is 4. The van der Waals surface area contributed by atoms with Crippen molar-refractivity contribution in [3.8, 4) is 0 Å². The summed E-state index contributed by atoms with van der Waals surface area (Å²) < 4.78 is 0.704. The standard InChI is InChI=1S/C16H17BrN2O4/c1-16(2)8-18(6-12(16)20)13(21)7-19-14(22)10-4-3-9(17)5-11(10)15(19)23/h3-5,12,20H,6-8H2,1-2H3. The maximum absolute atomic E-state index is 12.4. The van der Waals surface area contributed by atoms with Crippen molar-refractivity contribution in [2.24, 2.45) is 5.41 Å². The maximum atomic E-state index is 12.4. The molecule has 3 rings (SSSR count). The fourth-order valence-corrected chi connectivity index (χ4v) is 3.31. The van der Waals surface area contributed by atoms with Gasteiger partial charge >= 0.3 is 0 Å². The van der Waals surface area contributed by atoms with Crippen LogP contribution >= 0.6 is 15.9 Å². The van der Waals surface area contributed by atoms with E-state index in [4.69, 9.17) is 0 Å². The van der Waals surface area contributed by atoms with Crippen LogP contribution in [-0.2, 0) is 4.79 Å². The summed E-state index contributed by atoms with van der Waals surface area (Å²) in [6.07, 6.45) is -0.607. The van der Waals surface area contributed by atoms with E-state index in [0.717, 1.165) is 4.90 Å². The van der Waals surface area contributed by atoms with E-state index in [-0.39, 0.29) is 24.4 Å². The predicted molar refractivity (Wildman–Crippen MR) is 85.9 cm³/mol. The lowest BCUT2D eigenvalue weighted by Gasteiger charge is -2.22. The Morgan fingerprint density at radius 1 is 1.30 bits per heavy atom. The topological polar surface area (TPSA) is 77.9 Å². The highest BCUT2D eigenvalue weighted by Gasteiger charge is 2.42. The lowest BCUT2D eigenvalue weighted by Crippen LogP contribution is -2.42. The van der Waals surface area contributed by atoms with Gasteiger partial charge in [-0.2, -0.15) is 0 Å². The number of benzene rings is 1.